The first-order chi connectivity index (χ1) is 6.50. The van der Waals surface area contributed by atoms with Crippen molar-refractivity contribution in [2.75, 3.05) is 0 Å². The molecule has 1 aliphatic carbocycles. The van der Waals surface area contributed by atoms with Crippen molar-refractivity contribution in [3.05, 3.63) is 34.3 Å². The van der Waals surface area contributed by atoms with E-state index in [2.05, 4.69) is 54.0 Å². The molecule has 0 spiro atoms. The Balaban J connectivity index is 2.13. The fraction of sp³-hybridized carbons (Fsp3) is 0.500. The zero-order chi connectivity index (χ0) is 10.3. The summed E-state index contributed by atoms with van der Waals surface area (Å²) in [5, 5.41) is 0.179. The normalized spacial score (nSPS) is 25.9. The van der Waals surface area contributed by atoms with Crippen molar-refractivity contribution in [3.63, 3.8) is 0 Å². The van der Waals surface area contributed by atoms with Gasteiger partial charge < -0.3 is 0 Å². The van der Waals surface area contributed by atoms with Crippen LogP contribution in [0.3, 0.4) is 0 Å². The lowest BCUT2D eigenvalue weighted by Crippen LogP contribution is -1.98. The lowest BCUT2D eigenvalue weighted by Gasteiger charge is -2.11. The summed E-state index contributed by atoms with van der Waals surface area (Å²) < 4.78 is 1.11. The van der Waals surface area contributed by atoms with Crippen molar-refractivity contribution in [3.8, 4) is 0 Å². The van der Waals surface area contributed by atoms with Gasteiger partial charge in [0.2, 0.25) is 0 Å². The quantitative estimate of drug-likeness (QED) is 0.681. The lowest BCUT2D eigenvalue weighted by molar-refractivity contribution is 0.548. The largest absolute Gasteiger partial charge is 0.117 e. The molecule has 0 bridgehead atoms. The second-order valence-electron chi connectivity index (χ2n) is 4.75. The van der Waals surface area contributed by atoms with Gasteiger partial charge in [0.25, 0.3) is 0 Å². The Kier molecular flexibility index (Phi) is 2.65. The summed E-state index contributed by atoms with van der Waals surface area (Å²) in [4.78, 5) is 0. The van der Waals surface area contributed by atoms with E-state index in [0.717, 1.165) is 4.47 Å². The molecule has 0 aromatic heterocycles. The van der Waals surface area contributed by atoms with Gasteiger partial charge in [-0.25, -0.2) is 0 Å². The molecule has 76 valence electrons. The molecule has 0 amide bonds. The van der Waals surface area contributed by atoms with Gasteiger partial charge in [0.05, 0.1) is 5.38 Å². The standard InChI is InChI=1S/C12H14BrCl/c1-12(2)7-10(12)11(14)8-3-5-9(13)6-4-8/h3-6,10-11H,7H2,1-2H3. The van der Waals surface area contributed by atoms with Crippen LogP contribution in [0.25, 0.3) is 0 Å². The third-order valence-electron chi connectivity index (χ3n) is 3.13. The van der Waals surface area contributed by atoms with E-state index in [0.29, 0.717) is 11.3 Å². The molecule has 0 radical (unpaired) electrons. The molecule has 1 aliphatic rings. The molecule has 1 aromatic rings. The van der Waals surface area contributed by atoms with Crippen molar-refractivity contribution in [2.24, 2.45) is 11.3 Å². The molecular formula is C12H14BrCl. The van der Waals surface area contributed by atoms with Crippen LogP contribution in [0.4, 0.5) is 0 Å². The highest BCUT2D eigenvalue weighted by atomic mass is 79.9. The van der Waals surface area contributed by atoms with Gasteiger partial charge in [-0.3, -0.25) is 0 Å². The van der Waals surface area contributed by atoms with Crippen molar-refractivity contribution in [1.82, 2.24) is 0 Å². The van der Waals surface area contributed by atoms with Crippen LogP contribution < -0.4 is 0 Å². The molecule has 14 heavy (non-hydrogen) atoms. The van der Waals surface area contributed by atoms with Crippen LogP contribution in [-0.4, -0.2) is 0 Å². The van der Waals surface area contributed by atoms with E-state index in [4.69, 9.17) is 11.6 Å². The Hall–Kier alpha value is -0.0100. The molecule has 2 heteroatoms. The number of benzene rings is 1. The predicted octanol–water partition coefficient (Wildman–Crippen LogP) is 4.78. The Morgan fingerprint density at radius 1 is 1.36 bits per heavy atom. The minimum Gasteiger partial charge on any atom is -0.117 e. The Labute approximate surface area is 98.8 Å². The minimum absolute atomic E-state index is 0.179. The molecule has 1 fully saturated rings. The van der Waals surface area contributed by atoms with E-state index in [1.165, 1.54) is 12.0 Å². The number of rotatable bonds is 2. The van der Waals surface area contributed by atoms with E-state index >= 15 is 0 Å². The Morgan fingerprint density at radius 3 is 2.29 bits per heavy atom. The average Bonchev–Trinajstić information content (AvgIpc) is 2.75. The van der Waals surface area contributed by atoms with Gasteiger partial charge in [0.15, 0.2) is 0 Å². The highest BCUT2D eigenvalue weighted by Crippen LogP contribution is 2.59. The van der Waals surface area contributed by atoms with Crippen LogP contribution in [0, 0.1) is 11.3 Å². The summed E-state index contributed by atoms with van der Waals surface area (Å²) in [5.74, 6) is 0.644. The zero-order valence-electron chi connectivity index (χ0n) is 8.43. The first kappa shape index (κ1) is 10.5. The number of alkyl halides is 1. The Bertz CT molecular complexity index is 329. The maximum atomic E-state index is 6.43. The molecule has 2 atom stereocenters. The maximum absolute atomic E-state index is 6.43. The molecule has 0 aliphatic heterocycles. The maximum Gasteiger partial charge on any atom is 0.0618 e. The molecule has 0 saturated heterocycles. The van der Waals surface area contributed by atoms with Crippen LogP contribution in [0.2, 0.25) is 0 Å². The molecule has 1 saturated carbocycles. The second-order valence-corrected chi connectivity index (χ2v) is 6.14. The summed E-state index contributed by atoms with van der Waals surface area (Å²) in [5.41, 5.74) is 1.69. The fourth-order valence-electron chi connectivity index (χ4n) is 1.89. The Morgan fingerprint density at radius 2 is 1.86 bits per heavy atom. The monoisotopic (exact) mass is 272 g/mol. The summed E-state index contributed by atoms with van der Waals surface area (Å²) >= 11 is 9.85. The van der Waals surface area contributed by atoms with Crippen molar-refractivity contribution >= 4 is 27.5 Å². The smallest absolute Gasteiger partial charge is 0.0618 e. The SMILES string of the molecule is CC1(C)CC1C(Cl)c1ccc(Br)cc1. The van der Waals surface area contributed by atoms with E-state index in [-0.39, 0.29) is 5.38 Å². The molecule has 0 heterocycles. The van der Waals surface area contributed by atoms with Crippen LogP contribution >= 0.6 is 27.5 Å². The molecular weight excluding hydrogens is 259 g/mol. The highest BCUT2D eigenvalue weighted by molar-refractivity contribution is 9.10. The second kappa shape index (κ2) is 3.53. The van der Waals surface area contributed by atoms with Gasteiger partial charge in [-0.1, -0.05) is 41.9 Å². The number of halogens is 2. The van der Waals surface area contributed by atoms with Crippen molar-refractivity contribution < 1.29 is 0 Å². The fourth-order valence-corrected chi connectivity index (χ4v) is 2.73. The highest BCUT2D eigenvalue weighted by Gasteiger charge is 2.49. The van der Waals surface area contributed by atoms with E-state index < -0.39 is 0 Å². The van der Waals surface area contributed by atoms with E-state index in [9.17, 15) is 0 Å². The van der Waals surface area contributed by atoms with Crippen LogP contribution in [0.5, 0.6) is 0 Å². The van der Waals surface area contributed by atoms with E-state index in [1.807, 2.05) is 0 Å². The molecule has 0 N–H and O–H groups in total. The van der Waals surface area contributed by atoms with E-state index in [1.54, 1.807) is 0 Å². The molecule has 2 rings (SSSR count). The first-order valence-corrected chi connectivity index (χ1v) is 6.13. The topological polar surface area (TPSA) is 0 Å². The third kappa shape index (κ3) is 1.99. The summed E-state index contributed by atoms with van der Waals surface area (Å²) in [6, 6.07) is 8.33. The van der Waals surface area contributed by atoms with Gasteiger partial charge >= 0.3 is 0 Å². The summed E-state index contributed by atoms with van der Waals surface area (Å²) in [6.07, 6.45) is 1.25. The van der Waals surface area contributed by atoms with Crippen LogP contribution in [0.1, 0.15) is 31.2 Å². The van der Waals surface area contributed by atoms with Crippen LogP contribution in [0.15, 0.2) is 28.7 Å². The molecule has 1 aromatic carbocycles. The first-order valence-electron chi connectivity index (χ1n) is 4.90. The number of hydrogen-bond donors (Lipinski definition) is 0. The lowest BCUT2D eigenvalue weighted by atomic mass is 10.0. The third-order valence-corrected chi connectivity index (χ3v) is 4.22. The summed E-state index contributed by atoms with van der Waals surface area (Å²) in [7, 11) is 0. The average molecular weight is 274 g/mol. The molecule has 0 nitrogen and oxygen atoms in total. The van der Waals surface area contributed by atoms with Crippen molar-refractivity contribution in [2.45, 2.75) is 25.6 Å². The van der Waals surface area contributed by atoms with Crippen LogP contribution in [-0.2, 0) is 0 Å². The summed E-state index contributed by atoms with van der Waals surface area (Å²) in [6.45, 7) is 4.57. The minimum atomic E-state index is 0.179. The van der Waals surface area contributed by atoms with Gasteiger partial charge in [-0.2, -0.15) is 0 Å². The van der Waals surface area contributed by atoms with Gasteiger partial charge in [0, 0.05) is 4.47 Å². The zero-order valence-corrected chi connectivity index (χ0v) is 10.8. The van der Waals surface area contributed by atoms with Gasteiger partial charge in [0.1, 0.15) is 0 Å². The van der Waals surface area contributed by atoms with Gasteiger partial charge in [-0.15, -0.1) is 11.6 Å². The predicted molar refractivity (Wildman–Crippen MR) is 64.6 cm³/mol. The van der Waals surface area contributed by atoms with Crippen molar-refractivity contribution in [1.29, 1.82) is 0 Å². The molecule has 2 unspecified atom stereocenters. The van der Waals surface area contributed by atoms with Gasteiger partial charge in [-0.05, 0) is 35.4 Å². The number of hydrogen-bond acceptors (Lipinski definition) is 0.